The van der Waals surface area contributed by atoms with E-state index in [9.17, 15) is 4.79 Å². The standard InChI is InChI=1S/C19H33N3O2/c1-16-14-20(10-11-21(16)12-13-24-2)15-19(23)22(18-8-9-18)17-6-4-3-5-7-17/h6,16,18H,3-5,7-15H2,1-2H3. The van der Waals surface area contributed by atoms with Crippen LogP contribution in [0.1, 0.15) is 45.4 Å². The molecule has 1 unspecified atom stereocenters. The van der Waals surface area contributed by atoms with Crippen molar-refractivity contribution in [2.24, 2.45) is 0 Å². The van der Waals surface area contributed by atoms with Gasteiger partial charge in [0.1, 0.15) is 0 Å². The van der Waals surface area contributed by atoms with Crippen LogP contribution in [0.4, 0.5) is 0 Å². The van der Waals surface area contributed by atoms with Crippen molar-refractivity contribution in [3.05, 3.63) is 11.8 Å². The zero-order valence-corrected chi connectivity index (χ0v) is 15.4. The van der Waals surface area contributed by atoms with E-state index in [4.69, 9.17) is 4.74 Å². The van der Waals surface area contributed by atoms with Crippen LogP contribution >= 0.6 is 0 Å². The van der Waals surface area contributed by atoms with Gasteiger partial charge in [-0.1, -0.05) is 6.08 Å². The maximum Gasteiger partial charge on any atom is 0.241 e. The van der Waals surface area contributed by atoms with Crippen LogP contribution in [-0.4, -0.2) is 79.1 Å². The van der Waals surface area contributed by atoms with Crippen molar-refractivity contribution < 1.29 is 9.53 Å². The second kappa shape index (κ2) is 8.45. The number of carbonyl (C=O) groups excluding carboxylic acids is 1. The van der Waals surface area contributed by atoms with Crippen molar-refractivity contribution in [1.82, 2.24) is 14.7 Å². The number of allylic oxidation sites excluding steroid dienone is 2. The number of hydrogen-bond acceptors (Lipinski definition) is 4. The summed E-state index contributed by atoms with van der Waals surface area (Å²) >= 11 is 0. The van der Waals surface area contributed by atoms with Crippen LogP contribution in [0, 0.1) is 0 Å². The Morgan fingerprint density at radius 1 is 1.33 bits per heavy atom. The predicted molar refractivity (Wildman–Crippen MR) is 95.8 cm³/mol. The van der Waals surface area contributed by atoms with Gasteiger partial charge in [-0.15, -0.1) is 0 Å². The van der Waals surface area contributed by atoms with E-state index in [1.54, 1.807) is 7.11 Å². The Hall–Kier alpha value is -0.910. The summed E-state index contributed by atoms with van der Waals surface area (Å²) < 4.78 is 5.19. The van der Waals surface area contributed by atoms with Gasteiger partial charge in [0.15, 0.2) is 0 Å². The molecule has 1 amide bonds. The van der Waals surface area contributed by atoms with Crippen molar-refractivity contribution in [3.8, 4) is 0 Å². The fourth-order valence-electron chi connectivity index (χ4n) is 3.99. The highest BCUT2D eigenvalue weighted by molar-refractivity contribution is 5.80. The van der Waals surface area contributed by atoms with E-state index >= 15 is 0 Å². The SMILES string of the molecule is COCCN1CCN(CC(=O)N(C2=CCCCC2)C2CC2)CC1C. The summed E-state index contributed by atoms with van der Waals surface area (Å²) in [6.45, 7) is 7.60. The fourth-order valence-corrected chi connectivity index (χ4v) is 3.99. The lowest BCUT2D eigenvalue weighted by atomic mass is 10.0. The van der Waals surface area contributed by atoms with Gasteiger partial charge in [0, 0.05) is 51.1 Å². The van der Waals surface area contributed by atoms with Gasteiger partial charge in [-0.05, 0) is 45.4 Å². The molecule has 1 heterocycles. The summed E-state index contributed by atoms with van der Waals surface area (Å²) in [6, 6.07) is 0.979. The Bertz CT molecular complexity index is 462. The van der Waals surface area contributed by atoms with E-state index in [0.717, 1.165) is 45.6 Å². The van der Waals surface area contributed by atoms with Crippen LogP contribution in [0.15, 0.2) is 11.8 Å². The minimum atomic E-state index is 0.322. The van der Waals surface area contributed by atoms with E-state index in [2.05, 4.69) is 27.7 Å². The predicted octanol–water partition coefficient (Wildman–Crippen LogP) is 2.09. The Balaban J connectivity index is 1.53. The van der Waals surface area contributed by atoms with E-state index in [1.165, 1.54) is 31.4 Å². The van der Waals surface area contributed by atoms with Crippen LogP contribution in [0.2, 0.25) is 0 Å². The molecule has 3 aliphatic rings. The lowest BCUT2D eigenvalue weighted by Crippen LogP contribution is -2.54. The van der Waals surface area contributed by atoms with Gasteiger partial charge in [-0.25, -0.2) is 0 Å². The lowest BCUT2D eigenvalue weighted by Gasteiger charge is -2.40. The molecular formula is C19H33N3O2. The molecule has 5 nitrogen and oxygen atoms in total. The van der Waals surface area contributed by atoms with Crippen molar-refractivity contribution in [2.75, 3.05) is 46.4 Å². The summed E-state index contributed by atoms with van der Waals surface area (Å²) in [4.78, 5) is 19.9. The quantitative estimate of drug-likeness (QED) is 0.714. The maximum absolute atomic E-state index is 13.0. The first-order valence-electron chi connectivity index (χ1n) is 9.65. The highest BCUT2D eigenvalue weighted by Crippen LogP contribution is 2.33. The minimum Gasteiger partial charge on any atom is -0.383 e. The number of amides is 1. The summed E-state index contributed by atoms with van der Waals surface area (Å²) in [5, 5.41) is 0. The number of piperazine rings is 1. The van der Waals surface area contributed by atoms with Crippen molar-refractivity contribution >= 4 is 5.91 Å². The smallest absolute Gasteiger partial charge is 0.241 e. The first kappa shape index (κ1) is 17.9. The minimum absolute atomic E-state index is 0.322. The highest BCUT2D eigenvalue weighted by Gasteiger charge is 2.36. The zero-order valence-electron chi connectivity index (χ0n) is 15.4. The van der Waals surface area contributed by atoms with Crippen molar-refractivity contribution in [3.63, 3.8) is 0 Å². The van der Waals surface area contributed by atoms with Crippen molar-refractivity contribution in [2.45, 2.75) is 57.5 Å². The molecule has 1 saturated carbocycles. The van der Waals surface area contributed by atoms with Gasteiger partial charge in [-0.3, -0.25) is 14.6 Å². The van der Waals surface area contributed by atoms with Crippen molar-refractivity contribution in [1.29, 1.82) is 0 Å². The van der Waals surface area contributed by atoms with Gasteiger partial charge in [0.05, 0.1) is 13.2 Å². The van der Waals surface area contributed by atoms with Crippen LogP contribution in [0.5, 0.6) is 0 Å². The largest absolute Gasteiger partial charge is 0.383 e. The molecule has 0 bridgehead atoms. The van der Waals surface area contributed by atoms with Gasteiger partial charge in [0.2, 0.25) is 5.91 Å². The molecule has 0 aromatic carbocycles. The number of nitrogens with zero attached hydrogens (tertiary/aromatic N) is 3. The Kier molecular flexibility index (Phi) is 6.31. The molecule has 2 fully saturated rings. The number of ether oxygens (including phenoxy) is 1. The Labute approximate surface area is 146 Å². The zero-order chi connectivity index (χ0) is 16.9. The van der Waals surface area contributed by atoms with Crippen LogP contribution in [0.3, 0.4) is 0 Å². The van der Waals surface area contributed by atoms with Crippen LogP contribution in [-0.2, 0) is 9.53 Å². The normalized spacial score (nSPS) is 26.2. The van der Waals surface area contributed by atoms with E-state index in [1.807, 2.05) is 0 Å². The van der Waals surface area contributed by atoms with Gasteiger partial charge >= 0.3 is 0 Å². The molecule has 1 aliphatic heterocycles. The topological polar surface area (TPSA) is 36.0 Å². The summed E-state index contributed by atoms with van der Waals surface area (Å²) in [5.41, 5.74) is 1.31. The van der Waals surface area contributed by atoms with Crippen LogP contribution < -0.4 is 0 Å². The van der Waals surface area contributed by atoms with E-state index in [-0.39, 0.29) is 0 Å². The molecule has 0 aromatic heterocycles. The molecule has 0 aromatic rings. The molecule has 5 heteroatoms. The van der Waals surface area contributed by atoms with E-state index < -0.39 is 0 Å². The molecule has 0 radical (unpaired) electrons. The Morgan fingerprint density at radius 2 is 2.17 bits per heavy atom. The van der Waals surface area contributed by atoms with E-state index in [0.29, 0.717) is 24.5 Å². The molecular weight excluding hydrogens is 302 g/mol. The number of methoxy groups -OCH3 is 1. The molecule has 3 rings (SSSR count). The lowest BCUT2D eigenvalue weighted by molar-refractivity contribution is -0.132. The summed E-state index contributed by atoms with van der Waals surface area (Å²) in [5.74, 6) is 0.322. The number of rotatable bonds is 7. The molecule has 24 heavy (non-hydrogen) atoms. The molecule has 0 spiro atoms. The maximum atomic E-state index is 13.0. The van der Waals surface area contributed by atoms with Gasteiger partial charge in [0.25, 0.3) is 0 Å². The second-order valence-corrected chi connectivity index (χ2v) is 7.55. The highest BCUT2D eigenvalue weighted by atomic mass is 16.5. The first-order chi connectivity index (χ1) is 11.7. The molecule has 136 valence electrons. The molecule has 1 atom stereocenters. The molecule has 0 N–H and O–H groups in total. The third-order valence-corrected chi connectivity index (χ3v) is 5.55. The van der Waals surface area contributed by atoms with Gasteiger partial charge < -0.3 is 9.64 Å². The van der Waals surface area contributed by atoms with Crippen LogP contribution in [0.25, 0.3) is 0 Å². The fraction of sp³-hybridized carbons (Fsp3) is 0.842. The average molecular weight is 335 g/mol. The third kappa shape index (κ3) is 4.58. The molecule has 2 aliphatic carbocycles. The molecule has 1 saturated heterocycles. The first-order valence-corrected chi connectivity index (χ1v) is 9.65. The third-order valence-electron chi connectivity index (χ3n) is 5.55. The Morgan fingerprint density at radius 3 is 2.79 bits per heavy atom. The number of carbonyl (C=O) groups is 1. The van der Waals surface area contributed by atoms with Gasteiger partial charge in [-0.2, -0.15) is 0 Å². The second-order valence-electron chi connectivity index (χ2n) is 7.55. The summed E-state index contributed by atoms with van der Waals surface area (Å²) in [7, 11) is 1.76. The monoisotopic (exact) mass is 335 g/mol. The summed E-state index contributed by atoms with van der Waals surface area (Å²) in [6.07, 6.45) is 9.42. The average Bonchev–Trinajstić information content (AvgIpc) is 3.40. The number of hydrogen-bond donors (Lipinski definition) is 0.